The Morgan fingerprint density at radius 2 is 1.73 bits per heavy atom. The van der Waals surface area contributed by atoms with Crippen molar-refractivity contribution in [3.05, 3.63) is 153 Å². The Labute approximate surface area is 288 Å². The minimum Gasteiger partial charge on any atom is -0.324 e. The fourth-order valence-electron chi connectivity index (χ4n) is 8.73. The average molecular weight is 631 g/mol. The van der Waals surface area contributed by atoms with E-state index in [1.54, 1.807) is 0 Å². The first-order valence-electron chi connectivity index (χ1n) is 18.3. The van der Waals surface area contributed by atoms with E-state index >= 15 is 0 Å². The molecule has 0 fully saturated rings. The Balaban J connectivity index is 1.14. The van der Waals surface area contributed by atoms with Crippen LogP contribution in [0.25, 0.3) is 24.3 Å². The summed E-state index contributed by atoms with van der Waals surface area (Å²) in [6.45, 7) is 7.81. The highest BCUT2D eigenvalue weighted by Crippen LogP contribution is 2.57. The van der Waals surface area contributed by atoms with E-state index in [1.165, 1.54) is 67.8 Å². The fraction of sp³-hybridized carbons (Fsp3) is 0.326. The second kappa shape index (κ2) is 14.1. The van der Waals surface area contributed by atoms with Crippen LogP contribution in [0.2, 0.25) is 0 Å². The lowest BCUT2D eigenvalue weighted by molar-refractivity contribution is 0.304. The maximum absolute atomic E-state index is 6.63. The van der Waals surface area contributed by atoms with E-state index in [2.05, 4.69) is 147 Å². The smallest absolute Gasteiger partial charge is 0.0421 e. The number of aliphatic imine (C=N–C) groups is 1. The van der Waals surface area contributed by atoms with Crippen LogP contribution in [-0.2, 0) is 11.8 Å². The largest absolute Gasteiger partial charge is 0.324 e. The van der Waals surface area contributed by atoms with Crippen LogP contribution in [0, 0.1) is 5.92 Å². The molecule has 3 aromatic carbocycles. The second-order valence-corrected chi connectivity index (χ2v) is 14.0. The average Bonchev–Trinajstić information content (AvgIpc) is 3.77. The van der Waals surface area contributed by atoms with Gasteiger partial charge in [0.25, 0.3) is 0 Å². The summed E-state index contributed by atoms with van der Waals surface area (Å²) in [5.41, 5.74) is 21.5. The maximum atomic E-state index is 6.63. The molecule has 2 nitrogen and oxygen atoms in total. The molecule has 7 rings (SSSR count). The Kier molecular flexibility index (Phi) is 9.46. The lowest BCUT2D eigenvalue weighted by Crippen LogP contribution is -2.31. The molecule has 4 aliphatic rings. The molecule has 3 atom stereocenters. The first kappa shape index (κ1) is 32.3. The van der Waals surface area contributed by atoms with Gasteiger partial charge < -0.3 is 5.73 Å². The van der Waals surface area contributed by atoms with E-state index in [0.717, 1.165) is 45.1 Å². The van der Waals surface area contributed by atoms with E-state index in [-0.39, 0.29) is 11.5 Å². The summed E-state index contributed by atoms with van der Waals surface area (Å²) < 4.78 is 0. The number of hydrogen-bond donors (Lipinski definition) is 1. The van der Waals surface area contributed by atoms with E-state index in [4.69, 9.17) is 5.73 Å². The molecule has 2 N–H and O–H groups in total. The summed E-state index contributed by atoms with van der Waals surface area (Å²) in [6.07, 6.45) is 33.0. The molecule has 2 heteroatoms. The monoisotopic (exact) mass is 630 g/mol. The second-order valence-electron chi connectivity index (χ2n) is 14.0. The zero-order valence-electron chi connectivity index (χ0n) is 29.0. The molecule has 0 aromatic heterocycles. The lowest BCUT2D eigenvalue weighted by atomic mass is 9.67. The molecule has 48 heavy (non-hydrogen) atoms. The van der Waals surface area contributed by atoms with E-state index in [0.29, 0.717) is 11.8 Å². The van der Waals surface area contributed by atoms with Gasteiger partial charge in [0.15, 0.2) is 0 Å². The van der Waals surface area contributed by atoms with E-state index in [9.17, 15) is 0 Å². The predicted octanol–water partition coefficient (Wildman–Crippen LogP) is 11.3. The molecule has 0 radical (unpaired) electrons. The molecular formula is C46H50N2. The number of hydrogen-bond acceptors (Lipinski definition) is 2. The number of fused-ring (bicyclic) bond motifs is 4. The summed E-state index contributed by atoms with van der Waals surface area (Å²) in [4.78, 5) is 4.66. The maximum Gasteiger partial charge on any atom is 0.0421 e. The molecule has 0 bridgehead atoms. The first-order chi connectivity index (χ1) is 23.5. The lowest BCUT2D eigenvalue weighted by Gasteiger charge is -2.36. The van der Waals surface area contributed by atoms with Crippen LogP contribution in [0.1, 0.15) is 121 Å². The Hall–Kier alpha value is -4.27. The van der Waals surface area contributed by atoms with Gasteiger partial charge in [0.1, 0.15) is 0 Å². The molecule has 0 saturated carbocycles. The molecule has 0 amide bonds. The fourth-order valence-corrected chi connectivity index (χ4v) is 8.73. The molecule has 244 valence electrons. The third kappa shape index (κ3) is 6.08. The van der Waals surface area contributed by atoms with Crippen molar-refractivity contribution in [3.63, 3.8) is 0 Å². The van der Waals surface area contributed by atoms with Crippen LogP contribution >= 0.6 is 0 Å². The van der Waals surface area contributed by atoms with Crippen LogP contribution in [0.4, 0.5) is 0 Å². The van der Waals surface area contributed by atoms with Crippen LogP contribution in [-0.4, -0.2) is 12.3 Å². The van der Waals surface area contributed by atoms with Gasteiger partial charge in [-0.15, -0.1) is 0 Å². The number of allylic oxidation sites excluding steroid dienone is 7. The Bertz CT molecular complexity index is 1870. The Morgan fingerprint density at radius 1 is 0.917 bits per heavy atom. The van der Waals surface area contributed by atoms with Gasteiger partial charge in [-0.2, -0.15) is 0 Å². The van der Waals surface area contributed by atoms with Crippen molar-refractivity contribution in [2.45, 2.75) is 83.1 Å². The molecule has 3 aliphatic carbocycles. The minimum absolute atomic E-state index is 0.0231. The molecule has 3 aromatic rings. The van der Waals surface area contributed by atoms with Crippen molar-refractivity contribution < 1.29 is 0 Å². The normalized spacial score (nSPS) is 21.5. The molecule has 0 saturated heterocycles. The van der Waals surface area contributed by atoms with Crippen LogP contribution < -0.4 is 5.73 Å². The summed E-state index contributed by atoms with van der Waals surface area (Å²) in [5, 5.41) is 0. The third-order valence-corrected chi connectivity index (χ3v) is 11.5. The van der Waals surface area contributed by atoms with E-state index in [1.807, 2.05) is 0 Å². The summed E-state index contributed by atoms with van der Waals surface area (Å²) in [6, 6.07) is 20.7. The van der Waals surface area contributed by atoms with Crippen LogP contribution in [0.15, 0.2) is 108 Å². The molecule has 1 aliphatic heterocycles. The molecule has 3 unspecified atom stereocenters. The highest BCUT2D eigenvalue weighted by Gasteiger charge is 2.48. The molecule has 0 spiro atoms. The van der Waals surface area contributed by atoms with Gasteiger partial charge in [-0.1, -0.05) is 135 Å². The first-order valence-corrected chi connectivity index (χ1v) is 18.3. The number of rotatable bonds is 10. The van der Waals surface area contributed by atoms with Gasteiger partial charge in [0.2, 0.25) is 0 Å². The van der Waals surface area contributed by atoms with Crippen LogP contribution in [0.3, 0.4) is 0 Å². The summed E-state index contributed by atoms with van der Waals surface area (Å²) in [5.74, 6) is 0.895. The van der Waals surface area contributed by atoms with Gasteiger partial charge in [-0.05, 0) is 113 Å². The highest BCUT2D eigenvalue weighted by atomic mass is 14.8. The topological polar surface area (TPSA) is 38.4 Å². The standard InChI is InChI=1S/C46H50N2/c1-4-7-13-44(47)41-28-25-35(37-11-8-9-12-38(37)41)22-19-34-21-27-40-39-26-20-33(30-42(39)46(5-2,6-3)43(40)31-34)16-15-32-17-23-36(24-18-32)45-14-10-29-48-45/h4,7,9,12,15-28,30-31,39,42,44H,5-6,8,10-11,13-14,29,47H2,1-3H3/b7-4?,16-15+,22-19?. The number of benzene rings is 3. The summed E-state index contributed by atoms with van der Waals surface area (Å²) >= 11 is 0. The molecular weight excluding hydrogens is 581 g/mol. The van der Waals surface area contributed by atoms with Crippen molar-refractivity contribution in [1.82, 2.24) is 0 Å². The molecule has 1 heterocycles. The van der Waals surface area contributed by atoms with Crippen LogP contribution in [0.5, 0.6) is 0 Å². The van der Waals surface area contributed by atoms with E-state index < -0.39 is 0 Å². The predicted molar refractivity (Wildman–Crippen MR) is 207 cm³/mol. The number of nitrogens with two attached hydrogens (primary N) is 1. The third-order valence-electron chi connectivity index (χ3n) is 11.5. The Morgan fingerprint density at radius 3 is 2.50 bits per heavy atom. The minimum atomic E-state index is 0.0231. The quantitative estimate of drug-likeness (QED) is 0.176. The zero-order chi connectivity index (χ0) is 33.1. The van der Waals surface area contributed by atoms with Gasteiger partial charge >= 0.3 is 0 Å². The van der Waals surface area contributed by atoms with Gasteiger partial charge in [-0.3, -0.25) is 4.99 Å². The summed E-state index contributed by atoms with van der Waals surface area (Å²) in [7, 11) is 0. The van der Waals surface area contributed by atoms with Crippen molar-refractivity contribution in [2.24, 2.45) is 16.6 Å². The number of nitrogens with zero attached hydrogens (tertiary/aromatic N) is 1. The van der Waals surface area contributed by atoms with Gasteiger partial charge in [0, 0.05) is 29.6 Å². The van der Waals surface area contributed by atoms with Crippen molar-refractivity contribution in [3.8, 4) is 0 Å². The van der Waals surface area contributed by atoms with Crippen molar-refractivity contribution >= 4 is 30.0 Å². The van der Waals surface area contributed by atoms with Crippen molar-refractivity contribution in [1.29, 1.82) is 0 Å². The SMILES string of the molecule is CC=CCC(N)c1ccc(C=Cc2ccc3c(c2)C(CC)(CC)C2C=C(/C=C/c4ccc(C5=NCCC5)cc4)C=CC32)c2c1C=CCC2. The van der Waals surface area contributed by atoms with Gasteiger partial charge in [-0.25, -0.2) is 0 Å². The highest BCUT2D eigenvalue weighted by molar-refractivity contribution is 6.01. The van der Waals surface area contributed by atoms with Crippen molar-refractivity contribution in [2.75, 3.05) is 6.54 Å². The van der Waals surface area contributed by atoms with Gasteiger partial charge in [0.05, 0.1) is 0 Å². The zero-order valence-corrected chi connectivity index (χ0v) is 29.0.